The molecule has 3 rings (SSSR count). The van der Waals surface area contributed by atoms with Crippen LogP contribution < -0.4 is 5.32 Å². The van der Waals surface area contributed by atoms with Crippen molar-refractivity contribution < 1.29 is 19.4 Å². The van der Waals surface area contributed by atoms with Crippen LogP contribution in [-0.4, -0.2) is 51.6 Å². The number of aromatic amines is 1. The highest BCUT2D eigenvalue weighted by Crippen LogP contribution is 2.27. The van der Waals surface area contributed by atoms with E-state index in [1.54, 1.807) is 6.92 Å². The molecule has 2 atom stereocenters. The van der Waals surface area contributed by atoms with Crippen molar-refractivity contribution in [1.29, 1.82) is 0 Å². The molecule has 0 aliphatic carbocycles. The number of aliphatic hydroxyl groups is 1. The van der Waals surface area contributed by atoms with Gasteiger partial charge in [0.05, 0.1) is 24.8 Å². The molecule has 0 saturated carbocycles. The lowest BCUT2D eigenvalue weighted by Gasteiger charge is -2.30. The van der Waals surface area contributed by atoms with Gasteiger partial charge in [0.25, 0.3) is 5.91 Å². The van der Waals surface area contributed by atoms with E-state index >= 15 is 0 Å². The van der Waals surface area contributed by atoms with E-state index in [9.17, 15) is 14.7 Å². The quantitative estimate of drug-likeness (QED) is 0.253. The van der Waals surface area contributed by atoms with Crippen LogP contribution >= 0.6 is 0 Å². The van der Waals surface area contributed by atoms with Crippen LogP contribution in [0.3, 0.4) is 0 Å². The molecule has 3 aromatic rings. The Morgan fingerprint density at radius 2 is 1.80 bits per heavy atom. The average molecular weight is 479 g/mol. The molecule has 3 N–H and O–H groups in total. The van der Waals surface area contributed by atoms with Gasteiger partial charge < -0.3 is 15.2 Å². The number of unbranched alkanes of at least 4 members (excludes halogenated alkanes) is 2. The van der Waals surface area contributed by atoms with Gasteiger partial charge >= 0.3 is 5.97 Å². The van der Waals surface area contributed by atoms with E-state index in [1.165, 1.54) is 6.20 Å². The van der Waals surface area contributed by atoms with Crippen LogP contribution in [-0.2, 0) is 16.0 Å². The molecule has 0 saturated heterocycles. The van der Waals surface area contributed by atoms with Gasteiger partial charge in [0.2, 0.25) is 0 Å². The monoisotopic (exact) mass is 478 g/mol. The number of carbonyl (C=O) groups is 2. The Hall–Kier alpha value is -3.52. The van der Waals surface area contributed by atoms with E-state index in [4.69, 9.17) is 4.74 Å². The summed E-state index contributed by atoms with van der Waals surface area (Å²) in [6.07, 6.45) is 4.80. The number of carbonyl (C=O) groups excluding carboxylic acids is 2. The minimum absolute atomic E-state index is 0.212. The fourth-order valence-electron chi connectivity index (χ4n) is 3.94. The molecule has 8 nitrogen and oxygen atoms in total. The van der Waals surface area contributed by atoms with E-state index in [-0.39, 0.29) is 24.6 Å². The Balaban J connectivity index is 1.75. The molecule has 186 valence electrons. The topological polar surface area (TPSA) is 117 Å². The van der Waals surface area contributed by atoms with Crippen LogP contribution in [0.5, 0.6) is 0 Å². The molecule has 8 heteroatoms. The summed E-state index contributed by atoms with van der Waals surface area (Å²) < 4.78 is 5.46. The van der Waals surface area contributed by atoms with E-state index in [2.05, 4.69) is 39.8 Å². The van der Waals surface area contributed by atoms with E-state index in [1.807, 2.05) is 42.5 Å². The third-order valence-corrected chi connectivity index (χ3v) is 6.06. The first-order valence-corrected chi connectivity index (χ1v) is 12.0. The van der Waals surface area contributed by atoms with Crippen LogP contribution in [0.1, 0.15) is 55.6 Å². The molecule has 0 radical (unpaired) electrons. The van der Waals surface area contributed by atoms with Gasteiger partial charge in [0.15, 0.2) is 0 Å². The van der Waals surface area contributed by atoms with Crippen LogP contribution in [0, 0.1) is 5.41 Å². The highest BCUT2D eigenvalue weighted by Gasteiger charge is 2.37. The van der Waals surface area contributed by atoms with Crippen molar-refractivity contribution in [2.45, 2.75) is 52.0 Å². The van der Waals surface area contributed by atoms with Gasteiger partial charge in [0, 0.05) is 6.04 Å². The Morgan fingerprint density at radius 1 is 1.09 bits per heavy atom. The fraction of sp³-hybridized carbons (Fsp3) is 0.407. The molecule has 0 aliphatic heterocycles. The first kappa shape index (κ1) is 26.1. The molecule has 1 aromatic heterocycles. The number of esters is 1. The largest absolute Gasteiger partial charge is 0.465 e. The summed E-state index contributed by atoms with van der Waals surface area (Å²) in [4.78, 5) is 25.6. The summed E-state index contributed by atoms with van der Waals surface area (Å²) in [6.45, 7) is 3.68. The Bertz CT molecular complexity index is 1050. The highest BCUT2D eigenvalue weighted by molar-refractivity contribution is 5.92. The maximum absolute atomic E-state index is 12.8. The third-order valence-electron chi connectivity index (χ3n) is 6.06. The average Bonchev–Trinajstić information content (AvgIpc) is 3.43. The lowest BCUT2D eigenvalue weighted by atomic mass is 9.82. The van der Waals surface area contributed by atoms with Crippen molar-refractivity contribution in [3.63, 3.8) is 0 Å². The predicted molar refractivity (Wildman–Crippen MR) is 134 cm³/mol. The standard InChI is InChI=1S/C27H34N4O4/c1-3-4-8-15-35-26(34)27(2,19-32)17-23(29-25(33)24-18-28-31-30-24)16-20-11-13-22(14-12-20)21-9-6-5-7-10-21/h5-7,9-14,18,23,32H,3-4,8,15-17,19H2,1-2H3,(H,29,33)(H,28,30,31). The number of ether oxygens (including phenoxy) is 1. The molecule has 0 bridgehead atoms. The second-order valence-corrected chi connectivity index (χ2v) is 9.07. The normalized spacial score (nSPS) is 13.6. The molecular weight excluding hydrogens is 444 g/mol. The molecular formula is C27H34N4O4. The Morgan fingerprint density at radius 3 is 2.43 bits per heavy atom. The van der Waals surface area contributed by atoms with E-state index in [0.717, 1.165) is 36.0 Å². The number of H-pyrrole nitrogens is 1. The summed E-state index contributed by atoms with van der Waals surface area (Å²) in [5, 5.41) is 22.9. The van der Waals surface area contributed by atoms with E-state index < -0.39 is 17.4 Å². The molecule has 2 aromatic carbocycles. The second kappa shape index (κ2) is 12.8. The first-order chi connectivity index (χ1) is 16.9. The van der Waals surface area contributed by atoms with Crippen molar-refractivity contribution in [3.8, 4) is 11.1 Å². The number of rotatable bonds is 13. The lowest BCUT2D eigenvalue weighted by molar-refractivity contribution is -0.158. The van der Waals surface area contributed by atoms with Gasteiger partial charge in [-0.2, -0.15) is 0 Å². The Labute approximate surface area is 206 Å². The van der Waals surface area contributed by atoms with Crippen molar-refractivity contribution in [2.24, 2.45) is 5.41 Å². The molecule has 0 aliphatic rings. The SMILES string of the molecule is CCCCCOC(=O)C(C)(CO)CC(Cc1ccc(-c2ccccc2)cc1)NC(=O)c1cnn[nH]1. The van der Waals surface area contributed by atoms with Crippen LogP contribution in [0.4, 0.5) is 0 Å². The zero-order chi connectivity index (χ0) is 25.1. The third kappa shape index (κ3) is 7.48. The number of nitrogens with one attached hydrogen (secondary N) is 2. The fourth-order valence-corrected chi connectivity index (χ4v) is 3.94. The molecule has 0 spiro atoms. The molecule has 1 amide bonds. The number of benzene rings is 2. The first-order valence-electron chi connectivity index (χ1n) is 12.0. The van der Waals surface area contributed by atoms with Gasteiger partial charge in [-0.15, -0.1) is 5.10 Å². The summed E-state index contributed by atoms with van der Waals surface area (Å²) in [5.41, 5.74) is 2.28. The minimum Gasteiger partial charge on any atom is -0.465 e. The van der Waals surface area contributed by atoms with Crippen LogP contribution in [0.2, 0.25) is 0 Å². The zero-order valence-corrected chi connectivity index (χ0v) is 20.4. The minimum atomic E-state index is -1.15. The Kier molecular flexibility index (Phi) is 9.55. The summed E-state index contributed by atoms with van der Waals surface area (Å²) >= 11 is 0. The number of aliphatic hydroxyl groups excluding tert-OH is 1. The zero-order valence-electron chi connectivity index (χ0n) is 20.4. The van der Waals surface area contributed by atoms with Gasteiger partial charge in [-0.1, -0.05) is 79.6 Å². The maximum Gasteiger partial charge on any atom is 0.314 e. The summed E-state index contributed by atoms with van der Waals surface area (Å²) in [5.74, 6) is -0.838. The van der Waals surface area contributed by atoms with Crippen LogP contribution in [0.25, 0.3) is 11.1 Å². The highest BCUT2D eigenvalue weighted by atomic mass is 16.5. The predicted octanol–water partition coefficient (Wildman–Crippen LogP) is 3.93. The van der Waals surface area contributed by atoms with Gasteiger partial charge in [-0.3, -0.25) is 14.7 Å². The smallest absolute Gasteiger partial charge is 0.314 e. The van der Waals surface area contributed by atoms with E-state index in [0.29, 0.717) is 13.0 Å². The second-order valence-electron chi connectivity index (χ2n) is 9.07. The number of hydrogen-bond donors (Lipinski definition) is 3. The molecule has 35 heavy (non-hydrogen) atoms. The number of aromatic nitrogens is 3. The van der Waals surface area contributed by atoms with Crippen molar-refractivity contribution in [3.05, 3.63) is 72.1 Å². The maximum atomic E-state index is 12.8. The summed E-state index contributed by atoms with van der Waals surface area (Å²) in [7, 11) is 0. The van der Waals surface area contributed by atoms with Gasteiger partial charge in [0.1, 0.15) is 5.69 Å². The molecule has 2 unspecified atom stereocenters. The number of nitrogens with zero attached hydrogens (tertiary/aromatic N) is 2. The summed E-state index contributed by atoms with van der Waals surface area (Å²) in [6, 6.07) is 17.7. The van der Waals surface area contributed by atoms with Crippen molar-refractivity contribution in [2.75, 3.05) is 13.2 Å². The van der Waals surface area contributed by atoms with Crippen molar-refractivity contribution in [1.82, 2.24) is 20.7 Å². The molecule has 1 heterocycles. The van der Waals surface area contributed by atoms with Gasteiger partial charge in [-0.25, -0.2) is 0 Å². The van der Waals surface area contributed by atoms with Crippen LogP contribution in [0.15, 0.2) is 60.8 Å². The van der Waals surface area contributed by atoms with Gasteiger partial charge in [-0.05, 0) is 42.9 Å². The lowest BCUT2D eigenvalue weighted by Crippen LogP contribution is -2.44. The van der Waals surface area contributed by atoms with Crippen molar-refractivity contribution >= 4 is 11.9 Å². The molecule has 0 fully saturated rings. The number of hydrogen-bond acceptors (Lipinski definition) is 6. The number of amides is 1.